The van der Waals surface area contributed by atoms with Crippen molar-refractivity contribution in [1.82, 2.24) is 4.98 Å². The minimum Gasteiger partial charge on any atom is -0.255 e. The molecule has 0 aliphatic rings. The Morgan fingerprint density at radius 2 is 1.81 bits per heavy atom. The van der Waals surface area contributed by atoms with Crippen molar-refractivity contribution in [2.75, 3.05) is 0 Å². The summed E-state index contributed by atoms with van der Waals surface area (Å²) in [5, 5.41) is 0. The first-order valence-electron chi connectivity index (χ1n) is 4.73. The van der Waals surface area contributed by atoms with Gasteiger partial charge in [-0.1, -0.05) is 18.7 Å². The van der Waals surface area contributed by atoms with Crippen LogP contribution in [0.4, 0.5) is 4.39 Å². The second-order valence-corrected chi connectivity index (χ2v) is 4.26. The second-order valence-electron chi connectivity index (χ2n) is 3.35. The molecular weight excluding hydrogens is 269 g/mol. The predicted octanol–water partition coefficient (Wildman–Crippen LogP) is 4.04. The lowest BCUT2D eigenvalue weighted by atomic mass is 10.0. The van der Waals surface area contributed by atoms with Gasteiger partial charge in [0.2, 0.25) is 0 Å². The van der Waals surface area contributed by atoms with Crippen molar-refractivity contribution in [2.24, 2.45) is 0 Å². The highest BCUT2D eigenvalue weighted by molar-refractivity contribution is 9.10. The molecule has 0 aliphatic carbocycles. The van der Waals surface area contributed by atoms with E-state index in [-0.39, 0.29) is 5.82 Å². The van der Waals surface area contributed by atoms with Gasteiger partial charge >= 0.3 is 0 Å². The summed E-state index contributed by atoms with van der Waals surface area (Å²) in [7, 11) is 0. The Kier molecular flexibility index (Phi) is 3.15. The third kappa shape index (κ3) is 2.36. The minimum absolute atomic E-state index is 0.250. The predicted molar refractivity (Wildman–Crippen MR) is 66.5 cm³/mol. The first-order chi connectivity index (χ1) is 7.66. The van der Waals surface area contributed by atoms with E-state index in [0.717, 1.165) is 21.3 Å². The van der Waals surface area contributed by atoms with Crippen LogP contribution >= 0.6 is 15.9 Å². The molecule has 0 saturated carbocycles. The van der Waals surface area contributed by atoms with Crippen molar-refractivity contribution in [2.45, 2.75) is 0 Å². The first kappa shape index (κ1) is 11.0. The molecule has 0 unspecified atom stereocenters. The lowest BCUT2D eigenvalue weighted by Crippen LogP contribution is -1.90. The number of hydrogen-bond donors (Lipinski definition) is 0. The zero-order valence-corrected chi connectivity index (χ0v) is 10.0. The summed E-state index contributed by atoms with van der Waals surface area (Å²) in [6.45, 7) is 3.95. The molecule has 80 valence electrons. The molecule has 0 bridgehead atoms. The molecule has 2 rings (SSSR count). The quantitative estimate of drug-likeness (QED) is 0.807. The maximum atomic E-state index is 12.8. The van der Waals surface area contributed by atoms with Crippen LogP contribution < -0.4 is 0 Å². The fraction of sp³-hybridized carbons (Fsp3) is 0. The van der Waals surface area contributed by atoms with Gasteiger partial charge < -0.3 is 0 Å². The molecule has 3 heteroatoms. The lowest BCUT2D eigenvalue weighted by molar-refractivity contribution is 0.627. The van der Waals surface area contributed by atoms with Gasteiger partial charge in [0.1, 0.15) is 5.82 Å². The zero-order chi connectivity index (χ0) is 11.5. The maximum Gasteiger partial charge on any atom is 0.123 e. The summed E-state index contributed by atoms with van der Waals surface area (Å²) >= 11 is 3.32. The molecule has 0 amide bonds. The van der Waals surface area contributed by atoms with Crippen LogP contribution in [0, 0.1) is 5.82 Å². The van der Waals surface area contributed by atoms with Gasteiger partial charge in [0, 0.05) is 16.2 Å². The molecule has 0 fully saturated rings. The van der Waals surface area contributed by atoms with E-state index >= 15 is 0 Å². The number of pyridine rings is 1. The highest BCUT2D eigenvalue weighted by Gasteiger charge is 2.03. The van der Waals surface area contributed by atoms with Crippen molar-refractivity contribution in [3.63, 3.8) is 0 Å². The van der Waals surface area contributed by atoms with Crippen LogP contribution in [0.3, 0.4) is 0 Å². The van der Waals surface area contributed by atoms with Crippen LogP contribution in [0.15, 0.2) is 53.6 Å². The Labute approximate surface area is 102 Å². The van der Waals surface area contributed by atoms with E-state index in [1.165, 1.54) is 12.1 Å². The van der Waals surface area contributed by atoms with Gasteiger partial charge in [-0.05, 0) is 45.8 Å². The van der Waals surface area contributed by atoms with Gasteiger partial charge in [-0.15, -0.1) is 0 Å². The topological polar surface area (TPSA) is 12.9 Å². The van der Waals surface area contributed by atoms with E-state index < -0.39 is 0 Å². The number of nitrogens with zero attached hydrogens (tertiary/aromatic N) is 1. The van der Waals surface area contributed by atoms with Crippen LogP contribution in [0.25, 0.3) is 5.57 Å². The fourth-order valence-corrected chi connectivity index (χ4v) is 1.59. The molecular formula is C13H9BrFN. The van der Waals surface area contributed by atoms with Crippen molar-refractivity contribution in [3.05, 3.63) is 70.7 Å². The van der Waals surface area contributed by atoms with Crippen molar-refractivity contribution >= 4 is 21.5 Å². The Balaban J connectivity index is 2.32. The Morgan fingerprint density at radius 3 is 2.38 bits per heavy atom. The van der Waals surface area contributed by atoms with Gasteiger partial charge in [0.25, 0.3) is 0 Å². The molecule has 2 aromatic rings. The minimum atomic E-state index is -0.250. The van der Waals surface area contributed by atoms with E-state index in [1.807, 2.05) is 12.1 Å². The van der Waals surface area contributed by atoms with Crippen LogP contribution in [0.1, 0.15) is 11.3 Å². The Hall–Kier alpha value is -1.48. The molecule has 0 saturated heterocycles. The van der Waals surface area contributed by atoms with Gasteiger partial charge in [-0.25, -0.2) is 4.39 Å². The third-order valence-corrected chi connectivity index (χ3v) is 2.70. The normalized spacial score (nSPS) is 10.1. The molecule has 0 atom stereocenters. The van der Waals surface area contributed by atoms with Gasteiger partial charge in [-0.3, -0.25) is 4.98 Å². The summed E-state index contributed by atoms with van der Waals surface area (Å²) in [6, 6.07) is 9.99. The molecule has 0 N–H and O–H groups in total. The monoisotopic (exact) mass is 277 g/mol. The van der Waals surface area contributed by atoms with Crippen LogP contribution in [0.5, 0.6) is 0 Å². The van der Waals surface area contributed by atoms with Gasteiger partial charge in [0.15, 0.2) is 0 Å². The summed E-state index contributed by atoms with van der Waals surface area (Å²) < 4.78 is 13.7. The standard InChI is InChI=1S/C13H9BrFN/c1-9(10-2-5-12(15)6-3-10)13-7-4-11(14)8-16-13/h2-8H,1H2. The summed E-state index contributed by atoms with van der Waals surface area (Å²) in [5.74, 6) is -0.250. The molecule has 1 aromatic heterocycles. The summed E-state index contributed by atoms with van der Waals surface area (Å²) in [5.41, 5.74) is 2.44. The summed E-state index contributed by atoms with van der Waals surface area (Å²) in [4.78, 5) is 4.24. The van der Waals surface area contributed by atoms with Crippen molar-refractivity contribution < 1.29 is 4.39 Å². The molecule has 0 radical (unpaired) electrons. The van der Waals surface area contributed by atoms with Crippen molar-refractivity contribution in [1.29, 1.82) is 0 Å². The molecule has 0 aliphatic heterocycles. The molecule has 1 nitrogen and oxygen atoms in total. The van der Waals surface area contributed by atoms with E-state index in [2.05, 4.69) is 27.5 Å². The highest BCUT2D eigenvalue weighted by Crippen LogP contribution is 2.21. The molecule has 1 aromatic carbocycles. The third-order valence-electron chi connectivity index (χ3n) is 2.23. The number of rotatable bonds is 2. The SMILES string of the molecule is C=C(c1ccc(F)cc1)c1ccc(Br)cn1. The molecule has 0 spiro atoms. The smallest absolute Gasteiger partial charge is 0.123 e. The van der Waals surface area contributed by atoms with E-state index in [4.69, 9.17) is 0 Å². The average Bonchev–Trinajstić information content (AvgIpc) is 2.30. The number of benzene rings is 1. The highest BCUT2D eigenvalue weighted by atomic mass is 79.9. The molecule has 16 heavy (non-hydrogen) atoms. The Morgan fingerprint density at radius 1 is 1.12 bits per heavy atom. The fourth-order valence-electron chi connectivity index (χ4n) is 1.35. The summed E-state index contributed by atoms with van der Waals surface area (Å²) in [6.07, 6.45) is 1.71. The number of halogens is 2. The van der Waals surface area contributed by atoms with E-state index in [0.29, 0.717) is 0 Å². The number of aromatic nitrogens is 1. The second kappa shape index (κ2) is 4.58. The van der Waals surface area contributed by atoms with E-state index in [1.54, 1.807) is 18.3 Å². The lowest BCUT2D eigenvalue weighted by Gasteiger charge is -2.05. The largest absolute Gasteiger partial charge is 0.255 e. The average molecular weight is 278 g/mol. The molecule has 1 heterocycles. The number of hydrogen-bond acceptors (Lipinski definition) is 1. The van der Waals surface area contributed by atoms with Crippen LogP contribution in [-0.4, -0.2) is 4.98 Å². The van der Waals surface area contributed by atoms with Crippen molar-refractivity contribution in [3.8, 4) is 0 Å². The van der Waals surface area contributed by atoms with E-state index in [9.17, 15) is 4.39 Å². The van der Waals surface area contributed by atoms with Crippen LogP contribution in [-0.2, 0) is 0 Å². The van der Waals surface area contributed by atoms with Gasteiger partial charge in [-0.2, -0.15) is 0 Å². The zero-order valence-electron chi connectivity index (χ0n) is 8.45. The Bertz CT molecular complexity index is 455. The van der Waals surface area contributed by atoms with Gasteiger partial charge in [0.05, 0.1) is 5.69 Å². The maximum absolute atomic E-state index is 12.8. The first-order valence-corrected chi connectivity index (χ1v) is 5.53. The van der Waals surface area contributed by atoms with Crippen LogP contribution in [0.2, 0.25) is 0 Å².